The van der Waals surface area contributed by atoms with E-state index in [0.29, 0.717) is 11.5 Å². The number of para-hydroxylation sites is 3. The summed E-state index contributed by atoms with van der Waals surface area (Å²) in [5.41, 5.74) is 0.115. The summed E-state index contributed by atoms with van der Waals surface area (Å²) in [6, 6.07) is 12.0. The molecule has 0 aliphatic carbocycles. The first kappa shape index (κ1) is 21.9. The molecule has 29 heavy (non-hydrogen) atoms. The summed E-state index contributed by atoms with van der Waals surface area (Å²) in [6.45, 7) is -1.30. The van der Waals surface area contributed by atoms with E-state index in [2.05, 4.69) is 10.1 Å². The Morgan fingerprint density at radius 1 is 0.931 bits per heavy atom. The highest BCUT2D eigenvalue weighted by Crippen LogP contribution is 2.26. The number of hydrogen-bond acceptors (Lipinski definition) is 6. The maximum Gasteiger partial charge on any atom is 0.573 e. The highest BCUT2D eigenvalue weighted by molar-refractivity contribution is 5.81. The molecule has 2 rings (SSSR count). The van der Waals surface area contributed by atoms with E-state index < -0.39 is 37.2 Å². The summed E-state index contributed by atoms with van der Waals surface area (Å²) in [7, 11) is 1.45. The minimum atomic E-state index is -4.85. The van der Waals surface area contributed by atoms with E-state index >= 15 is 0 Å². The zero-order valence-corrected chi connectivity index (χ0v) is 15.3. The number of alkyl halides is 3. The van der Waals surface area contributed by atoms with Crippen LogP contribution in [0.2, 0.25) is 0 Å². The van der Waals surface area contributed by atoms with Gasteiger partial charge in [0, 0.05) is 12.1 Å². The Balaban J connectivity index is 1.77. The molecule has 0 aliphatic heterocycles. The summed E-state index contributed by atoms with van der Waals surface area (Å²) >= 11 is 0. The molecule has 0 spiro atoms. The number of methoxy groups -OCH3 is 1. The first-order valence-corrected chi connectivity index (χ1v) is 8.30. The van der Waals surface area contributed by atoms with Gasteiger partial charge in [-0.15, -0.1) is 13.2 Å². The van der Waals surface area contributed by atoms with Crippen molar-refractivity contribution in [1.82, 2.24) is 5.32 Å². The van der Waals surface area contributed by atoms with Crippen molar-refractivity contribution in [2.45, 2.75) is 12.9 Å². The van der Waals surface area contributed by atoms with Crippen LogP contribution in [0.25, 0.3) is 0 Å². The minimum absolute atomic E-state index is 0.115. The quantitative estimate of drug-likeness (QED) is 0.637. The molecule has 1 amide bonds. The van der Waals surface area contributed by atoms with Gasteiger partial charge < -0.3 is 24.3 Å². The van der Waals surface area contributed by atoms with Crippen molar-refractivity contribution in [3.63, 3.8) is 0 Å². The molecule has 0 atom stereocenters. The molecule has 10 heteroatoms. The molecule has 0 fully saturated rings. The molecular weight excluding hydrogens is 395 g/mol. The molecule has 2 aromatic carbocycles. The van der Waals surface area contributed by atoms with Crippen LogP contribution < -0.4 is 19.5 Å². The predicted molar refractivity (Wildman–Crippen MR) is 94.4 cm³/mol. The van der Waals surface area contributed by atoms with Gasteiger partial charge in [0.1, 0.15) is 5.75 Å². The zero-order chi connectivity index (χ0) is 21.3. The maximum absolute atomic E-state index is 12.4. The standard InChI is InChI=1S/C19H18F3NO6/c1-26-15-8-4-5-9-16(15)27-12-18(25)28-11-17(24)23-10-13-6-2-3-7-14(13)29-19(20,21)22/h2-9H,10-12H2,1H3,(H,23,24). The van der Waals surface area contributed by atoms with Gasteiger partial charge in [0.05, 0.1) is 7.11 Å². The lowest BCUT2D eigenvalue weighted by molar-refractivity contribution is -0.274. The molecule has 1 N–H and O–H groups in total. The van der Waals surface area contributed by atoms with Crippen molar-refractivity contribution in [2.24, 2.45) is 0 Å². The van der Waals surface area contributed by atoms with Crippen molar-refractivity contribution >= 4 is 11.9 Å². The van der Waals surface area contributed by atoms with Crippen LogP contribution in [0, 0.1) is 0 Å². The van der Waals surface area contributed by atoms with Gasteiger partial charge in [-0.05, 0) is 18.2 Å². The average molecular weight is 413 g/mol. The first-order chi connectivity index (χ1) is 13.8. The Hall–Kier alpha value is -3.43. The summed E-state index contributed by atoms with van der Waals surface area (Å²) in [6.07, 6.45) is -4.85. The van der Waals surface area contributed by atoms with Crippen LogP contribution in [0.5, 0.6) is 17.2 Å². The van der Waals surface area contributed by atoms with E-state index in [-0.39, 0.29) is 12.1 Å². The van der Waals surface area contributed by atoms with Gasteiger partial charge in [0.15, 0.2) is 24.7 Å². The van der Waals surface area contributed by atoms with Crippen molar-refractivity contribution < 1.29 is 41.7 Å². The molecule has 156 valence electrons. The second-order valence-electron chi connectivity index (χ2n) is 5.53. The van der Waals surface area contributed by atoms with E-state index in [1.54, 1.807) is 24.3 Å². The minimum Gasteiger partial charge on any atom is -0.493 e. The van der Waals surface area contributed by atoms with Gasteiger partial charge >= 0.3 is 12.3 Å². The third kappa shape index (κ3) is 7.60. The molecule has 0 saturated carbocycles. The number of esters is 1. The van der Waals surface area contributed by atoms with Gasteiger partial charge in [-0.3, -0.25) is 4.79 Å². The summed E-state index contributed by atoms with van der Waals surface area (Å²) in [5.74, 6) is -1.16. The number of rotatable bonds is 9. The fraction of sp³-hybridized carbons (Fsp3) is 0.263. The highest BCUT2D eigenvalue weighted by Gasteiger charge is 2.32. The fourth-order valence-corrected chi connectivity index (χ4v) is 2.18. The zero-order valence-electron chi connectivity index (χ0n) is 15.3. The van der Waals surface area contributed by atoms with Gasteiger partial charge in [0.2, 0.25) is 0 Å². The van der Waals surface area contributed by atoms with E-state index in [4.69, 9.17) is 14.2 Å². The van der Waals surface area contributed by atoms with Crippen LogP contribution >= 0.6 is 0 Å². The molecule has 0 bridgehead atoms. The topological polar surface area (TPSA) is 83.1 Å². The van der Waals surface area contributed by atoms with Crippen LogP contribution in [0.15, 0.2) is 48.5 Å². The summed E-state index contributed by atoms with van der Waals surface area (Å²) in [5, 5.41) is 2.35. The normalized spacial score (nSPS) is 10.8. The molecule has 7 nitrogen and oxygen atoms in total. The van der Waals surface area contributed by atoms with Crippen molar-refractivity contribution in [2.75, 3.05) is 20.3 Å². The third-order valence-corrected chi connectivity index (χ3v) is 3.45. The number of halogens is 3. The average Bonchev–Trinajstić information content (AvgIpc) is 2.69. The Morgan fingerprint density at radius 3 is 2.21 bits per heavy atom. The van der Waals surface area contributed by atoms with E-state index in [9.17, 15) is 22.8 Å². The number of amides is 1. The van der Waals surface area contributed by atoms with Crippen molar-refractivity contribution in [3.05, 3.63) is 54.1 Å². The Bertz CT molecular complexity index is 841. The Kier molecular flexibility index (Phi) is 7.70. The second kappa shape index (κ2) is 10.2. The van der Waals surface area contributed by atoms with E-state index in [0.717, 1.165) is 6.07 Å². The number of benzene rings is 2. The van der Waals surface area contributed by atoms with Crippen molar-refractivity contribution in [3.8, 4) is 17.2 Å². The monoisotopic (exact) mass is 413 g/mol. The molecule has 0 unspecified atom stereocenters. The molecule has 0 aliphatic rings. The number of nitrogens with one attached hydrogen (secondary N) is 1. The Morgan fingerprint density at radius 2 is 1.55 bits per heavy atom. The van der Waals surface area contributed by atoms with Gasteiger partial charge in [-0.2, -0.15) is 0 Å². The van der Waals surface area contributed by atoms with Gasteiger partial charge in [-0.1, -0.05) is 30.3 Å². The van der Waals surface area contributed by atoms with Crippen LogP contribution in [0.1, 0.15) is 5.56 Å². The van der Waals surface area contributed by atoms with Crippen LogP contribution in [-0.2, 0) is 20.9 Å². The van der Waals surface area contributed by atoms with Gasteiger partial charge in [0.25, 0.3) is 5.91 Å². The van der Waals surface area contributed by atoms with Gasteiger partial charge in [-0.25, -0.2) is 4.79 Å². The largest absolute Gasteiger partial charge is 0.573 e. The third-order valence-electron chi connectivity index (χ3n) is 3.45. The lowest BCUT2D eigenvalue weighted by Gasteiger charge is -2.13. The lowest BCUT2D eigenvalue weighted by Crippen LogP contribution is -2.30. The molecule has 0 radical (unpaired) electrons. The highest BCUT2D eigenvalue weighted by atomic mass is 19.4. The van der Waals surface area contributed by atoms with Crippen LogP contribution in [0.4, 0.5) is 13.2 Å². The second-order valence-corrected chi connectivity index (χ2v) is 5.53. The first-order valence-electron chi connectivity index (χ1n) is 8.30. The fourth-order valence-electron chi connectivity index (χ4n) is 2.18. The number of carbonyl (C=O) groups is 2. The smallest absolute Gasteiger partial charge is 0.493 e. The molecule has 2 aromatic rings. The molecular formula is C19H18F3NO6. The molecule has 0 aromatic heterocycles. The maximum atomic E-state index is 12.4. The van der Waals surface area contributed by atoms with E-state index in [1.807, 2.05) is 0 Å². The summed E-state index contributed by atoms with van der Waals surface area (Å²) in [4.78, 5) is 23.5. The summed E-state index contributed by atoms with van der Waals surface area (Å²) < 4.78 is 56.1. The Labute approximate surface area is 164 Å². The number of carbonyl (C=O) groups excluding carboxylic acids is 2. The van der Waals surface area contributed by atoms with Crippen molar-refractivity contribution in [1.29, 1.82) is 0 Å². The number of ether oxygens (including phenoxy) is 4. The molecule has 0 saturated heterocycles. The SMILES string of the molecule is COc1ccccc1OCC(=O)OCC(=O)NCc1ccccc1OC(F)(F)F. The van der Waals surface area contributed by atoms with E-state index in [1.165, 1.54) is 25.3 Å². The predicted octanol–water partition coefficient (Wildman–Crippen LogP) is 2.83. The lowest BCUT2D eigenvalue weighted by atomic mass is 10.2. The van der Waals surface area contributed by atoms with Crippen LogP contribution in [-0.4, -0.2) is 38.6 Å². The van der Waals surface area contributed by atoms with Crippen LogP contribution in [0.3, 0.4) is 0 Å². The number of hydrogen-bond donors (Lipinski definition) is 1. The molecule has 0 heterocycles.